The van der Waals surface area contributed by atoms with Crippen LogP contribution in [-0.4, -0.2) is 18.2 Å². The Bertz CT molecular complexity index is 347. The van der Waals surface area contributed by atoms with Crippen molar-refractivity contribution < 1.29 is 14.6 Å². The Balaban J connectivity index is 3.06. The minimum atomic E-state index is -0.559. The molecule has 4 heteroatoms. The van der Waals surface area contributed by atoms with Crippen molar-refractivity contribution in [1.82, 2.24) is 0 Å². The van der Waals surface area contributed by atoms with Crippen LogP contribution in [0.15, 0.2) is 22.7 Å². The fraction of sp³-hybridized carbons (Fsp3) is 0.300. The molecule has 0 aromatic heterocycles. The summed E-state index contributed by atoms with van der Waals surface area (Å²) in [6.07, 6.45) is -0.559. The number of ether oxygens (including phenoxy) is 1. The SMILES string of the molecule is COC(=O)c1ccc(C(C)O)c(Br)c1. The predicted molar refractivity (Wildman–Crippen MR) is 56.1 cm³/mol. The molecule has 0 fully saturated rings. The molecule has 76 valence electrons. The van der Waals surface area contributed by atoms with Crippen molar-refractivity contribution in [2.75, 3.05) is 7.11 Å². The van der Waals surface area contributed by atoms with E-state index in [1.54, 1.807) is 25.1 Å². The van der Waals surface area contributed by atoms with Crippen LogP contribution in [0.2, 0.25) is 0 Å². The molecule has 3 nitrogen and oxygen atoms in total. The van der Waals surface area contributed by atoms with Gasteiger partial charge < -0.3 is 9.84 Å². The second-order valence-electron chi connectivity index (χ2n) is 2.90. The molecule has 1 aromatic rings. The zero-order valence-electron chi connectivity index (χ0n) is 7.95. The molecule has 0 radical (unpaired) electrons. The number of benzene rings is 1. The molecule has 1 N–H and O–H groups in total. The van der Waals surface area contributed by atoms with E-state index in [0.717, 1.165) is 5.56 Å². The molecule has 1 rings (SSSR count). The van der Waals surface area contributed by atoms with E-state index >= 15 is 0 Å². The average Bonchev–Trinajstić information content (AvgIpc) is 2.15. The average molecular weight is 259 g/mol. The van der Waals surface area contributed by atoms with Crippen LogP contribution in [0, 0.1) is 0 Å². The largest absolute Gasteiger partial charge is 0.465 e. The van der Waals surface area contributed by atoms with Crippen LogP contribution in [0.4, 0.5) is 0 Å². The first-order valence-electron chi connectivity index (χ1n) is 4.12. The fourth-order valence-electron chi connectivity index (χ4n) is 1.11. The number of aliphatic hydroxyl groups is 1. The lowest BCUT2D eigenvalue weighted by atomic mass is 10.1. The molecule has 0 bridgehead atoms. The van der Waals surface area contributed by atoms with Gasteiger partial charge in [-0.1, -0.05) is 22.0 Å². The maximum Gasteiger partial charge on any atom is 0.337 e. The van der Waals surface area contributed by atoms with Gasteiger partial charge in [0.15, 0.2) is 0 Å². The van der Waals surface area contributed by atoms with Crippen molar-refractivity contribution in [2.45, 2.75) is 13.0 Å². The molecular formula is C10H11BrO3. The van der Waals surface area contributed by atoms with Crippen molar-refractivity contribution in [3.8, 4) is 0 Å². The van der Waals surface area contributed by atoms with Gasteiger partial charge in [0.1, 0.15) is 0 Å². The summed E-state index contributed by atoms with van der Waals surface area (Å²) in [5.41, 5.74) is 1.21. The van der Waals surface area contributed by atoms with E-state index in [1.807, 2.05) is 0 Å². The van der Waals surface area contributed by atoms with Crippen molar-refractivity contribution in [3.05, 3.63) is 33.8 Å². The Morgan fingerprint density at radius 2 is 2.21 bits per heavy atom. The minimum absolute atomic E-state index is 0.386. The summed E-state index contributed by atoms with van der Waals surface area (Å²) >= 11 is 3.28. The highest BCUT2D eigenvalue weighted by Gasteiger charge is 2.10. The van der Waals surface area contributed by atoms with Gasteiger partial charge >= 0.3 is 5.97 Å². The summed E-state index contributed by atoms with van der Waals surface area (Å²) < 4.78 is 5.27. The first-order valence-corrected chi connectivity index (χ1v) is 4.91. The molecule has 14 heavy (non-hydrogen) atoms. The molecule has 0 aliphatic rings. The second kappa shape index (κ2) is 4.57. The topological polar surface area (TPSA) is 46.5 Å². The molecule has 0 saturated heterocycles. The molecule has 0 saturated carbocycles. The summed E-state index contributed by atoms with van der Waals surface area (Å²) in [4.78, 5) is 11.1. The first kappa shape index (κ1) is 11.2. The maximum absolute atomic E-state index is 11.1. The maximum atomic E-state index is 11.1. The molecule has 0 heterocycles. The molecule has 0 aliphatic carbocycles. The van der Waals surface area contributed by atoms with E-state index < -0.39 is 6.10 Å². The number of hydrogen-bond donors (Lipinski definition) is 1. The van der Waals surface area contributed by atoms with Crippen LogP contribution in [0.25, 0.3) is 0 Å². The molecule has 1 aromatic carbocycles. The fourth-order valence-corrected chi connectivity index (χ4v) is 1.82. The molecule has 1 unspecified atom stereocenters. The van der Waals surface area contributed by atoms with Crippen molar-refractivity contribution in [1.29, 1.82) is 0 Å². The van der Waals surface area contributed by atoms with E-state index in [-0.39, 0.29) is 5.97 Å². The predicted octanol–water partition coefficient (Wildman–Crippen LogP) is 2.29. The molecule has 0 amide bonds. The molecular weight excluding hydrogens is 248 g/mol. The Labute approximate surface area is 90.8 Å². The zero-order valence-corrected chi connectivity index (χ0v) is 9.54. The third-order valence-corrected chi connectivity index (χ3v) is 2.56. The number of carbonyl (C=O) groups is 1. The number of rotatable bonds is 2. The van der Waals surface area contributed by atoms with Gasteiger partial charge in [-0.25, -0.2) is 4.79 Å². The van der Waals surface area contributed by atoms with Gasteiger partial charge in [-0.3, -0.25) is 0 Å². The Morgan fingerprint density at radius 3 is 2.64 bits per heavy atom. The van der Waals surface area contributed by atoms with Crippen molar-refractivity contribution in [3.63, 3.8) is 0 Å². The Kier molecular flexibility index (Phi) is 3.66. The van der Waals surface area contributed by atoms with Crippen molar-refractivity contribution >= 4 is 21.9 Å². The van der Waals surface area contributed by atoms with Crippen LogP contribution in [0.5, 0.6) is 0 Å². The third kappa shape index (κ3) is 2.33. The van der Waals surface area contributed by atoms with Gasteiger partial charge in [0.2, 0.25) is 0 Å². The van der Waals surface area contributed by atoms with E-state index in [0.29, 0.717) is 10.0 Å². The van der Waals surface area contributed by atoms with Gasteiger partial charge in [0, 0.05) is 4.47 Å². The number of hydrogen-bond acceptors (Lipinski definition) is 3. The number of halogens is 1. The monoisotopic (exact) mass is 258 g/mol. The third-order valence-electron chi connectivity index (χ3n) is 1.87. The normalized spacial score (nSPS) is 12.3. The standard InChI is InChI=1S/C10H11BrO3/c1-6(12)8-4-3-7(5-9(8)11)10(13)14-2/h3-6,12H,1-2H3. The highest BCUT2D eigenvalue weighted by atomic mass is 79.9. The molecule has 0 spiro atoms. The summed E-state index contributed by atoms with van der Waals surface area (Å²) in [5.74, 6) is -0.386. The van der Waals surface area contributed by atoms with Gasteiger partial charge in [0.05, 0.1) is 18.8 Å². The van der Waals surface area contributed by atoms with Crippen LogP contribution in [-0.2, 0) is 4.74 Å². The number of esters is 1. The second-order valence-corrected chi connectivity index (χ2v) is 3.76. The van der Waals surface area contributed by atoms with Gasteiger partial charge in [-0.05, 0) is 24.6 Å². The minimum Gasteiger partial charge on any atom is -0.465 e. The van der Waals surface area contributed by atoms with E-state index in [2.05, 4.69) is 20.7 Å². The van der Waals surface area contributed by atoms with Crippen LogP contribution >= 0.6 is 15.9 Å². The van der Waals surface area contributed by atoms with E-state index in [9.17, 15) is 9.90 Å². The lowest BCUT2D eigenvalue weighted by Gasteiger charge is -2.08. The summed E-state index contributed by atoms with van der Waals surface area (Å²) in [6.45, 7) is 1.66. The first-order chi connectivity index (χ1) is 6.56. The highest BCUT2D eigenvalue weighted by Crippen LogP contribution is 2.24. The zero-order chi connectivity index (χ0) is 10.7. The highest BCUT2D eigenvalue weighted by molar-refractivity contribution is 9.10. The summed E-state index contributed by atoms with van der Waals surface area (Å²) in [5, 5.41) is 9.35. The van der Waals surface area contributed by atoms with Gasteiger partial charge in [-0.2, -0.15) is 0 Å². The van der Waals surface area contributed by atoms with E-state index in [4.69, 9.17) is 0 Å². The van der Waals surface area contributed by atoms with Crippen LogP contribution in [0.3, 0.4) is 0 Å². The number of carbonyl (C=O) groups excluding carboxylic acids is 1. The van der Waals surface area contributed by atoms with Crippen LogP contribution in [0.1, 0.15) is 28.9 Å². The molecule has 0 aliphatic heterocycles. The van der Waals surface area contributed by atoms with Gasteiger partial charge in [-0.15, -0.1) is 0 Å². The van der Waals surface area contributed by atoms with E-state index in [1.165, 1.54) is 7.11 Å². The lowest BCUT2D eigenvalue weighted by molar-refractivity contribution is 0.0600. The number of methoxy groups -OCH3 is 1. The Morgan fingerprint density at radius 1 is 1.57 bits per heavy atom. The van der Waals surface area contributed by atoms with Crippen molar-refractivity contribution in [2.24, 2.45) is 0 Å². The lowest BCUT2D eigenvalue weighted by Crippen LogP contribution is -2.02. The molecule has 1 atom stereocenters. The van der Waals surface area contributed by atoms with Gasteiger partial charge in [0.25, 0.3) is 0 Å². The number of aliphatic hydroxyl groups excluding tert-OH is 1. The summed E-state index contributed by atoms with van der Waals surface area (Å²) in [7, 11) is 1.33. The van der Waals surface area contributed by atoms with Crippen LogP contribution < -0.4 is 0 Å². The summed E-state index contributed by atoms with van der Waals surface area (Å²) in [6, 6.07) is 4.95. The Hall–Kier alpha value is -0.870. The smallest absolute Gasteiger partial charge is 0.337 e. The quantitative estimate of drug-likeness (QED) is 0.829.